The topological polar surface area (TPSA) is 60.4 Å². The zero-order chi connectivity index (χ0) is 12.3. The van der Waals surface area contributed by atoms with E-state index in [-0.39, 0.29) is 23.2 Å². The zero-order valence-electron chi connectivity index (χ0n) is 10.1. The van der Waals surface area contributed by atoms with Gasteiger partial charge in [0.25, 0.3) is 0 Å². The van der Waals surface area contributed by atoms with Crippen molar-refractivity contribution in [3.63, 3.8) is 0 Å². The molecular formula is C12H20O4S. The largest absolute Gasteiger partial charge is 0.381 e. The van der Waals surface area contributed by atoms with E-state index >= 15 is 0 Å². The molecule has 2 saturated heterocycles. The number of carbonyl (C=O) groups excluding carboxylic acids is 1. The molecular weight excluding hydrogens is 240 g/mol. The van der Waals surface area contributed by atoms with Crippen LogP contribution in [0.3, 0.4) is 0 Å². The molecule has 4 nitrogen and oxygen atoms in total. The minimum Gasteiger partial charge on any atom is -0.381 e. The molecule has 5 heteroatoms. The van der Waals surface area contributed by atoms with E-state index < -0.39 is 9.84 Å². The van der Waals surface area contributed by atoms with Crippen molar-refractivity contribution in [2.75, 3.05) is 24.7 Å². The fourth-order valence-corrected chi connectivity index (χ4v) is 4.57. The predicted octanol–water partition coefficient (Wildman–Crippen LogP) is 1.20. The van der Waals surface area contributed by atoms with Crippen LogP contribution in [0.25, 0.3) is 0 Å². The molecule has 0 aromatic heterocycles. The summed E-state index contributed by atoms with van der Waals surface area (Å²) in [4.78, 5) is 11.8. The second-order valence-electron chi connectivity index (χ2n) is 5.27. The van der Waals surface area contributed by atoms with Gasteiger partial charge in [0.15, 0.2) is 9.84 Å². The first-order valence-electron chi connectivity index (χ1n) is 6.35. The SMILES string of the molecule is O=C(CC1CCOCC1)CC1CCS(=O)(=O)C1. The van der Waals surface area contributed by atoms with E-state index in [1.807, 2.05) is 0 Å². The lowest BCUT2D eigenvalue weighted by Gasteiger charge is -2.21. The molecule has 0 saturated carbocycles. The molecule has 0 aromatic carbocycles. The van der Waals surface area contributed by atoms with Gasteiger partial charge in [0, 0.05) is 26.1 Å². The van der Waals surface area contributed by atoms with E-state index in [1.54, 1.807) is 0 Å². The maximum atomic E-state index is 11.8. The maximum absolute atomic E-state index is 11.8. The quantitative estimate of drug-likeness (QED) is 0.762. The zero-order valence-corrected chi connectivity index (χ0v) is 10.9. The van der Waals surface area contributed by atoms with Gasteiger partial charge < -0.3 is 4.74 Å². The molecule has 0 radical (unpaired) electrons. The summed E-state index contributed by atoms with van der Waals surface area (Å²) in [7, 11) is -2.85. The highest BCUT2D eigenvalue weighted by Gasteiger charge is 2.30. The third-order valence-electron chi connectivity index (χ3n) is 3.70. The smallest absolute Gasteiger partial charge is 0.150 e. The summed E-state index contributed by atoms with van der Waals surface area (Å²) in [6.07, 6.45) is 3.67. The minimum absolute atomic E-state index is 0.0762. The second-order valence-corrected chi connectivity index (χ2v) is 7.50. The Kier molecular flexibility index (Phi) is 4.20. The molecule has 2 rings (SSSR count). The van der Waals surface area contributed by atoms with Crippen molar-refractivity contribution in [2.24, 2.45) is 11.8 Å². The average Bonchev–Trinajstić information content (AvgIpc) is 2.59. The van der Waals surface area contributed by atoms with E-state index in [9.17, 15) is 13.2 Å². The summed E-state index contributed by atoms with van der Waals surface area (Å²) in [6, 6.07) is 0. The van der Waals surface area contributed by atoms with Crippen LogP contribution in [-0.4, -0.2) is 38.9 Å². The number of ketones is 1. The highest BCUT2D eigenvalue weighted by Crippen LogP contribution is 2.25. The predicted molar refractivity (Wildman–Crippen MR) is 64.5 cm³/mol. The number of Topliss-reactive ketones (excluding diaryl/α,β-unsaturated/α-hetero) is 1. The second kappa shape index (κ2) is 5.48. The van der Waals surface area contributed by atoms with Gasteiger partial charge in [0.1, 0.15) is 5.78 Å². The normalized spacial score (nSPS) is 29.3. The molecule has 98 valence electrons. The van der Waals surface area contributed by atoms with Gasteiger partial charge in [-0.25, -0.2) is 8.42 Å². The van der Waals surface area contributed by atoms with Crippen LogP contribution in [0.2, 0.25) is 0 Å². The van der Waals surface area contributed by atoms with Gasteiger partial charge in [0.05, 0.1) is 11.5 Å². The van der Waals surface area contributed by atoms with Gasteiger partial charge in [0.2, 0.25) is 0 Å². The Morgan fingerprint density at radius 3 is 2.29 bits per heavy atom. The average molecular weight is 260 g/mol. The lowest BCUT2D eigenvalue weighted by Crippen LogP contribution is -2.20. The number of hydrogen-bond acceptors (Lipinski definition) is 4. The van der Waals surface area contributed by atoms with Gasteiger partial charge in [-0.1, -0.05) is 0 Å². The van der Waals surface area contributed by atoms with Crippen molar-refractivity contribution < 1.29 is 17.9 Å². The van der Waals surface area contributed by atoms with Crippen LogP contribution in [0, 0.1) is 11.8 Å². The highest BCUT2D eigenvalue weighted by atomic mass is 32.2. The number of carbonyl (C=O) groups is 1. The van der Waals surface area contributed by atoms with Crippen molar-refractivity contribution in [2.45, 2.75) is 32.1 Å². The van der Waals surface area contributed by atoms with Crippen LogP contribution in [0.5, 0.6) is 0 Å². The van der Waals surface area contributed by atoms with Gasteiger partial charge >= 0.3 is 0 Å². The van der Waals surface area contributed by atoms with E-state index in [0.29, 0.717) is 25.2 Å². The Balaban J connectivity index is 1.74. The molecule has 0 bridgehead atoms. The van der Waals surface area contributed by atoms with Gasteiger partial charge in [-0.3, -0.25) is 4.79 Å². The van der Waals surface area contributed by atoms with Crippen molar-refractivity contribution in [3.8, 4) is 0 Å². The summed E-state index contributed by atoms with van der Waals surface area (Å²) < 4.78 is 27.8. The molecule has 1 atom stereocenters. The lowest BCUT2D eigenvalue weighted by molar-refractivity contribution is -0.121. The van der Waals surface area contributed by atoms with E-state index in [0.717, 1.165) is 26.1 Å². The maximum Gasteiger partial charge on any atom is 0.150 e. The van der Waals surface area contributed by atoms with Crippen LogP contribution in [0.1, 0.15) is 32.1 Å². The summed E-state index contributed by atoms with van der Waals surface area (Å²) in [5.41, 5.74) is 0. The van der Waals surface area contributed by atoms with Gasteiger partial charge in [-0.15, -0.1) is 0 Å². The van der Waals surface area contributed by atoms with Crippen molar-refractivity contribution in [1.82, 2.24) is 0 Å². The molecule has 2 fully saturated rings. The fraction of sp³-hybridized carbons (Fsp3) is 0.917. The van der Waals surface area contributed by atoms with Crippen LogP contribution in [0.15, 0.2) is 0 Å². The summed E-state index contributed by atoms with van der Waals surface area (Å²) in [5, 5.41) is 0. The highest BCUT2D eigenvalue weighted by molar-refractivity contribution is 7.91. The van der Waals surface area contributed by atoms with E-state index in [4.69, 9.17) is 4.74 Å². The number of sulfone groups is 1. The van der Waals surface area contributed by atoms with Gasteiger partial charge in [-0.2, -0.15) is 0 Å². The molecule has 0 aromatic rings. The molecule has 0 spiro atoms. The van der Waals surface area contributed by atoms with Gasteiger partial charge in [-0.05, 0) is 31.1 Å². The number of rotatable bonds is 4. The molecule has 17 heavy (non-hydrogen) atoms. The molecule has 1 unspecified atom stereocenters. The fourth-order valence-electron chi connectivity index (χ4n) is 2.71. The third-order valence-corrected chi connectivity index (χ3v) is 5.54. The Bertz CT molecular complexity index is 368. The monoisotopic (exact) mass is 260 g/mol. The van der Waals surface area contributed by atoms with Crippen LogP contribution in [-0.2, 0) is 19.4 Å². The Morgan fingerprint density at radius 1 is 1.06 bits per heavy atom. The van der Waals surface area contributed by atoms with E-state index in [2.05, 4.69) is 0 Å². The molecule has 2 heterocycles. The Morgan fingerprint density at radius 2 is 1.71 bits per heavy atom. The van der Waals surface area contributed by atoms with Crippen LogP contribution in [0.4, 0.5) is 0 Å². The molecule has 2 aliphatic heterocycles. The standard InChI is InChI=1S/C12H20O4S/c13-12(7-10-1-4-16-5-2-10)8-11-3-6-17(14,15)9-11/h10-11H,1-9H2. The minimum atomic E-state index is -2.85. The molecule has 0 aliphatic carbocycles. The third kappa shape index (κ3) is 4.07. The van der Waals surface area contributed by atoms with Crippen molar-refractivity contribution in [1.29, 1.82) is 0 Å². The molecule has 0 N–H and O–H groups in total. The van der Waals surface area contributed by atoms with Crippen molar-refractivity contribution in [3.05, 3.63) is 0 Å². The lowest BCUT2D eigenvalue weighted by atomic mass is 9.90. The first-order chi connectivity index (χ1) is 8.05. The summed E-state index contributed by atoms with van der Waals surface area (Å²) >= 11 is 0. The first-order valence-corrected chi connectivity index (χ1v) is 8.17. The van der Waals surface area contributed by atoms with Crippen LogP contribution < -0.4 is 0 Å². The number of hydrogen-bond donors (Lipinski definition) is 0. The van der Waals surface area contributed by atoms with Crippen LogP contribution >= 0.6 is 0 Å². The molecule has 2 aliphatic rings. The Hall–Kier alpha value is -0.420. The van der Waals surface area contributed by atoms with Crippen molar-refractivity contribution >= 4 is 15.6 Å². The summed E-state index contributed by atoms with van der Waals surface area (Å²) in [5.74, 6) is 1.25. The number of ether oxygens (including phenoxy) is 1. The first kappa shape index (κ1) is 13.0. The summed E-state index contributed by atoms with van der Waals surface area (Å²) in [6.45, 7) is 1.52. The van der Waals surface area contributed by atoms with E-state index in [1.165, 1.54) is 0 Å². The Labute approximate surface area is 103 Å². The molecule has 0 amide bonds.